The van der Waals surface area contributed by atoms with E-state index in [1.807, 2.05) is 12.1 Å². The molecule has 0 amide bonds. The minimum Gasteiger partial charge on any atom is -0.317 e. The van der Waals surface area contributed by atoms with Gasteiger partial charge in [-0.3, -0.25) is 4.31 Å². The lowest BCUT2D eigenvalue weighted by Gasteiger charge is -2.34. The lowest BCUT2D eigenvalue weighted by atomic mass is 9.81. The molecule has 1 saturated heterocycles. The number of hydrogen-bond donors (Lipinski definition) is 2. The van der Waals surface area contributed by atoms with Gasteiger partial charge in [0.15, 0.2) is 0 Å². The van der Waals surface area contributed by atoms with Crippen LogP contribution in [0.4, 0.5) is 5.69 Å². The molecular formula is C24H31N3O2S. The van der Waals surface area contributed by atoms with Crippen LogP contribution in [0.2, 0.25) is 0 Å². The van der Waals surface area contributed by atoms with Crippen LogP contribution in [-0.4, -0.2) is 40.6 Å². The summed E-state index contributed by atoms with van der Waals surface area (Å²) >= 11 is 0. The molecule has 2 aromatic carbocycles. The van der Waals surface area contributed by atoms with Crippen LogP contribution in [0, 0.1) is 5.41 Å². The monoisotopic (exact) mass is 425 g/mol. The molecule has 1 saturated carbocycles. The van der Waals surface area contributed by atoms with E-state index < -0.39 is 10.0 Å². The molecule has 2 aliphatic heterocycles. The van der Waals surface area contributed by atoms with Gasteiger partial charge in [-0.1, -0.05) is 37.3 Å². The normalized spacial score (nSPS) is 25.2. The molecule has 5 nitrogen and oxygen atoms in total. The Hall–Kier alpha value is -1.89. The van der Waals surface area contributed by atoms with E-state index in [4.69, 9.17) is 0 Å². The molecule has 30 heavy (non-hydrogen) atoms. The second kappa shape index (κ2) is 7.66. The fourth-order valence-corrected chi connectivity index (χ4v) is 6.49. The van der Waals surface area contributed by atoms with Crippen molar-refractivity contribution in [2.24, 2.45) is 5.41 Å². The molecule has 1 aliphatic carbocycles. The molecule has 2 unspecified atom stereocenters. The summed E-state index contributed by atoms with van der Waals surface area (Å²) in [6.45, 7) is 6.26. The van der Waals surface area contributed by atoms with Gasteiger partial charge in [-0.2, -0.15) is 0 Å². The molecule has 3 aliphatic rings. The zero-order valence-electron chi connectivity index (χ0n) is 17.6. The number of nitrogens with one attached hydrogen (secondary N) is 2. The number of nitrogens with zero attached hydrogens (tertiary/aromatic N) is 1. The topological polar surface area (TPSA) is 61.4 Å². The van der Waals surface area contributed by atoms with E-state index in [-0.39, 0.29) is 0 Å². The maximum Gasteiger partial charge on any atom is 0.264 e. The summed E-state index contributed by atoms with van der Waals surface area (Å²) in [5.74, 6) is 0.556. The Balaban J connectivity index is 1.26. The van der Waals surface area contributed by atoms with E-state index in [0.717, 1.165) is 37.3 Å². The first-order valence-corrected chi connectivity index (χ1v) is 12.6. The van der Waals surface area contributed by atoms with E-state index in [1.54, 1.807) is 28.6 Å². The molecule has 0 bridgehead atoms. The number of sulfonamides is 1. The van der Waals surface area contributed by atoms with Crippen molar-refractivity contribution in [3.05, 3.63) is 59.7 Å². The van der Waals surface area contributed by atoms with Gasteiger partial charge in [0.1, 0.15) is 0 Å². The number of rotatable bonds is 6. The van der Waals surface area contributed by atoms with E-state index >= 15 is 0 Å². The van der Waals surface area contributed by atoms with Gasteiger partial charge >= 0.3 is 0 Å². The van der Waals surface area contributed by atoms with Crippen LogP contribution in [0.1, 0.15) is 43.2 Å². The van der Waals surface area contributed by atoms with Crippen molar-refractivity contribution >= 4 is 15.7 Å². The summed E-state index contributed by atoms with van der Waals surface area (Å²) in [5.41, 5.74) is 3.75. The maximum atomic E-state index is 13.1. The molecule has 6 heteroatoms. The summed E-state index contributed by atoms with van der Waals surface area (Å²) in [6.07, 6.45) is 4.44. The van der Waals surface area contributed by atoms with E-state index in [2.05, 4.69) is 29.7 Å². The van der Waals surface area contributed by atoms with Crippen molar-refractivity contribution in [1.29, 1.82) is 0 Å². The van der Waals surface area contributed by atoms with Gasteiger partial charge in [0.05, 0.1) is 10.6 Å². The fourth-order valence-electron chi connectivity index (χ4n) is 4.97. The Morgan fingerprint density at radius 3 is 2.67 bits per heavy atom. The van der Waals surface area contributed by atoms with Crippen molar-refractivity contribution in [1.82, 2.24) is 10.6 Å². The molecule has 2 aromatic rings. The second-order valence-corrected chi connectivity index (χ2v) is 11.3. The molecule has 2 atom stereocenters. The Morgan fingerprint density at radius 1 is 1.13 bits per heavy atom. The first-order valence-electron chi connectivity index (χ1n) is 11.1. The predicted molar refractivity (Wildman–Crippen MR) is 120 cm³/mol. The highest BCUT2D eigenvalue weighted by Gasteiger charge is 2.40. The van der Waals surface area contributed by atoms with Crippen molar-refractivity contribution < 1.29 is 8.42 Å². The minimum atomic E-state index is -3.49. The Morgan fingerprint density at radius 2 is 1.90 bits per heavy atom. The first kappa shape index (κ1) is 20.0. The smallest absolute Gasteiger partial charge is 0.264 e. The molecule has 0 spiro atoms. The standard InChI is InChI=1S/C24H31N3O2S/c1-24(10-12-25-13-11-24)17-26-22-16-21(22)18-7-8-23-19(15-18)9-14-27(23)30(28,29)20-5-3-2-4-6-20/h2-8,15,21-22,25-26H,9-14,16-17H2,1H3. The van der Waals surface area contributed by atoms with Crippen molar-refractivity contribution in [3.63, 3.8) is 0 Å². The second-order valence-electron chi connectivity index (χ2n) is 9.42. The Kier molecular flexibility index (Phi) is 5.12. The predicted octanol–water partition coefficient (Wildman–Crippen LogP) is 3.27. The zero-order valence-corrected chi connectivity index (χ0v) is 18.4. The van der Waals surface area contributed by atoms with Crippen LogP contribution >= 0.6 is 0 Å². The molecular weight excluding hydrogens is 394 g/mol. The van der Waals surface area contributed by atoms with Gasteiger partial charge in [-0.05, 0) is 73.5 Å². The Labute approximate surface area is 179 Å². The third-order valence-electron chi connectivity index (χ3n) is 7.11. The summed E-state index contributed by atoms with van der Waals surface area (Å²) in [7, 11) is -3.49. The summed E-state index contributed by atoms with van der Waals surface area (Å²) in [6, 6.07) is 15.7. The van der Waals surface area contributed by atoms with Crippen LogP contribution in [-0.2, 0) is 16.4 Å². The number of benzene rings is 2. The van der Waals surface area contributed by atoms with Crippen LogP contribution in [0.15, 0.2) is 53.4 Å². The lowest BCUT2D eigenvalue weighted by Crippen LogP contribution is -2.42. The highest BCUT2D eigenvalue weighted by molar-refractivity contribution is 7.92. The van der Waals surface area contributed by atoms with Crippen LogP contribution < -0.4 is 14.9 Å². The maximum absolute atomic E-state index is 13.1. The van der Waals surface area contributed by atoms with E-state index in [9.17, 15) is 8.42 Å². The number of anilines is 1. The SMILES string of the molecule is CC1(CNC2CC2c2ccc3c(c2)CCN3S(=O)(=O)c2ccccc2)CCNCC1. The first-order chi connectivity index (χ1) is 14.5. The van der Waals surface area contributed by atoms with Crippen LogP contribution in [0.5, 0.6) is 0 Å². The van der Waals surface area contributed by atoms with Gasteiger partial charge in [-0.25, -0.2) is 8.42 Å². The Bertz CT molecular complexity index is 1020. The lowest BCUT2D eigenvalue weighted by molar-refractivity contribution is 0.219. The number of piperidine rings is 1. The highest BCUT2D eigenvalue weighted by Crippen LogP contribution is 2.44. The van der Waals surface area contributed by atoms with E-state index in [1.165, 1.54) is 24.8 Å². The number of fused-ring (bicyclic) bond motifs is 1. The average Bonchev–Trinajstić information content (AvgIpc) is 3.42. The molecule has 2 heterocycles. The van der Waals surface area contributed by atoms with Crippen LogP contribution in [0.3, 0.4) is 0 Å². The summed E-state index contributed by atoms with van der Waals surface area (Å²) in [5, 5.41) is 7.26. The van der Waals surface area contributed by atoms with Crippen molar-refractivity contribution in [2.45, 2.75) is 49.5 Å². The molecule has 0 aromatic heterocycles. The largest absolute Gasteiger partial charge is 0.317 e. The third-order valence-corrected chi connectivity index (χ3v) is 8.94. The molecule has 160 valence electrons. The van der Waals surface area contributed by atoms with Gasteiger partial charge < -0.3 is 10.6 Å². The van der Waals surface area contributed by atoms with E-state index in [0.29, 0.717) is 28.8 Å². The quantitative estimate of drug-likeness (QED) is 0.746. The minimum absolute atomic E-state index is 0.361. The summed E-state index contributed by atoms with van der Waals surface area (Å²) < 4.78 is 27.7. The van der Waals surface area contributed by atoms with Crippen LogP contribution in [0.25, 0.3) is 0 Å². The van der Waals surface area contributed by atoms with Gasteiger partial charge in [0, 0.05) is 25.0 Å². The zero-order chi connectivity index (χ0) is 20.8. The molecule has 0 radical (unpaired) electrons. The van der Waals surface area contributed by atoms with Crippen molar-refractivity contribution in [2.75, 3.05) is 30.5 Å². The van der Waals surface area contributed by atoms with Gasteiger partial charge in [0.25, 0.3) is 10.0 Å². The molecule has 5 rings (SSSR count). The third kappa shape index (κ3) is 3.77. The molecule has 2 fully saturated rings. The molecule has 2 N–H and O–H groups in total. The van der Waals surface area contributed by atoms with Gasteiger partial charge in [-0.15, -0.1) is 0 Å². The fraction of sp³-hybridized carbons (Fsp3) is 0.500. The number of hydrogen-bond acceptors (Lipinski definition) is 4. The highest BCUT2D eigenvalue weighted by atomic mass is 32.2. The summed E-state index contributed by atoms with van der Waals surface area (Å²) in [4.78, 5) is 0.361. The van der Waals surface area contributed by atoms with Gasteiger partial charge in [0.2, 0.25) is 0 Å². The van der Waals surface area contributed by atoms with Crippen molar-refractivity contribution in [3.8, 4) is 0 Å². The average molecular weight is 426 g/mol.